The lowest BCUT2D eigenvalue weighted by Gasteiger charge is -2.36. The summed E-state index contributed by atoms with van der Waals surface area (Å²) in [6.07, 6.45) is 7.09. The summed E-state index contributed by atoms with van der Waals surface area (Å²) in [4.78, 5) is 20.5. The van der Waals surface area contributed by atoms with Crippen LogP contribution in [0.15, 0.2) is 23.0 Å². The summed E-state index contributed by atoms with van der Waals surface area (Å²) in [7, 11) is 4.17. The van der Waals surface area contributed by atoms with Crippen molar-refractivity contribution in [3.05, 3.63) is 45.2 Å². The first kappa shape index (κ1) is 22.8. The van der Waals surface area contributed by atoms with Crippen LogP contribution in [0.4, 0.5) is 0 Å². The Hall–Kier alpha value is -1.92. The Morgan fingerprint density at radius 3 is 2.60 bits per heavy atom. The van der Waals surface area contributed by atoms with Crippen molar-refractivity contribution >= 4 is 28.2 Å². The van der Waals surface area contributed by atoms with Crippen LogP contribution in [0.2, 0.25) is 0 Å². The van der Waals surface area contributed by atoms with Gasteiger partial charge in [-0.2, -0.15) is 0 Å². The van der Waals surface area contributed by atoms with Crippen molar-refractivity contribution in [1.29, 1.82) is 0 Å². The number of nitrogens with one attached hydrogen (secondary N) is 2. The standard InChI is InChI=1S/C24H36N4OS/c1-17-13-18(2)22-19(14-17)15-20(23(29)26-22)16-28(21-9-6-5-7-10-21)24(30)25-11-8-12-27(3)4/h13-15,21H,5-12,16H2,1-4H3,(H,25,30)(H,26,29). The average molecular weight is 429 g/mol. The van der Waals surface area contributed by atoms with Crippen molar-refractivity contribution in [2.24, 2.45) is 0 Å². The van der Waals surface area contributed by atoms with Crippen molar-refractivity contribution in [2.45, 2.75) is 65.0 Å². The van der Waals surface area contributed by atoms with E-state index in [1.54, 1.807) is 0 Å². The van der Waals surface area contributed by atoms with Crippen LogP contribution in [0.5, 0.6) is 0 Å². The molecule has 0 saturated heterocycles. The molecule has 6 heteroatoms. The molecule has 0 spiro atoms. The van der Waals surface area contributed by atoms with E-state index in [-0.39, 0.29) is 5.56 Å². The van der Waals surface area contributed by atoms with Crippen LogP contribution in [0, 0.1) is 13.8 Å². The zero-order valence-corrected chi connectivity index (χ0v) is 19.7. The van der Waals surface area contributed by atoms with E-state index in [9.17, 15) is 4.79 Å². The minimum Gasteiger partial charge on any atom is -0.363 e. The summed E-state index contributed by atoms with van der Waals surface area (Å²) in [5.41, 5.74) is 4.03. The normalized spacial score (nSPS) is 15.0. The van der Waals surface area contributed by atoms with Gasteiger partial charge in [0.25, 0.3) is 5.56 Å². The van der Waals surface area contributed by atoms with Gasteiger partial charge in [0.1, 0.15) is 0 Å². The third kappa shape index (κ3) is 5.82. The first-order chi connectivity index (χ1) is 14.3. The maximum absolute atomic E-state index is 12.9. The van der Waals surface area contributed by atoms with E-state index in [2.05, 4.69) is 59.3 Å². The van der Waals surface area contributed by atoms with E-state index in [0.29, 0.717) is 12.6 Å². The van der Waals surface area contributed by atoms with E-state index < -0.39 is 0 Å². The Kier molecular flexibility index (Phi) is 7.89. The molecule has 3 rings (SSSR count). The summed E-state index contributed by atoms with van der Waals surface area (Å²) in [6, 6.07) is 6.71. The van der Waals surface area contributed by atoms with Gasteiger partial charge in [-0.25, -0.2) is 0 Å². The molecule has 2 N–H and O–H groups in total. The lowest BCUT2D eigenvalue weighted by Crippen LogP contribution is -2.47. The monoisotopic (exact) mass is 428 g/mol. The number of pyridine rings is 1. The maximum atomic E-state index is 12.9. The van der Waals surface area contributed by atoms with Gasteiger partial charge in [-0.1, -0.05) is 30.9 Å². The highest BCUT2D eigenvalue weighted by Crippen LogP contribution is 2.25. The predicted molar refractivity (Wildman–Crippen MR) is 130 cm³/mol. The van der Waals surface area contributed by atoms with Crippen LogP contribution >= 0.6 is 12.2 Å². The van der Waals surface area contributed by atoms with Crippen LogP contribution < -0.4 is 10.9 Å². The number of fused-ring (bicyclic) bond motifs is 1. The molecular formula is C24H36N4OS. The Morgan fingerprint density at radius 1 is 1.17 bits per heavy atom. The highest BCUT2D eigenvalue weighted by molar-refractivity contribution is 7.80. The van der Waals surface area contributed by atoms with Gasteiger partial charge in [0, 0.05) is 18.2 Å². The number of nitrogens with zero attached hydrogens (tertiary/aromatic N) is 2. The summed E-state index contributed by atoms with van der Waals surface area (Å²) in [6.45, 7) is 6.58. The van der Waals surface area contributed by atoms with Gasteiger partial charge in [0.2, 0.25) is 0 Å². The molecule has 1 aromatic heterocycles. The summed E-state index contributed by atoms with van der Waals surface area (Å²) in [5.74, 6) is 0. The quantitative estimate of drug-likeness (QED) is 0.514. The van der Waals surface area contributed by atoms with Gasteiger partial charge >= 0.3 is 0 Å². The molecule has 0 radical (unpaired) electrons. The largest absolute Gasteiger partial charge is 0.363 e. The van der Waals surface area contributed by atoms with Gasteiger partial charge in [-0.05, 0) is 89.1 Å². The van der Waals surface area contributed by atoms with E-state index in [1.165, 1.54) is 24.8 Å². The van der Waals surface area contributed by atoms with Crippen molar-refractivity contribution < 1.29 is 0 Å². The first-order valence-electron chi connectivity index (χ1n) is 11.2. The lowest BCUT2D eigenvalue weighted by molar-refractivity contribution is 0.234. The molecule has 5 nitrogen and oxygen atoms in total. The second-order valence-electron chi connectivity index (χ2n) is 8.98. The fourth-order valence-electron chi connectivity index (χ4n) is 4.48. The van der Waals surface area contributed by atoms with Crippen LogP contribution in [-0.4, -0.2) is 53.1 Å². The van der Waals surface area contributed by atoms with Crippen LogP contribution in [-0.2, 0) is 6.54 Å². The van der Waals surface area contributed by atoms with Gasteiger partial charge in [-0.15, -0.1) is 0 Å². The first-order valence-corrected chi connectivity index (χ1v) is 11.6. The number of hydrogen-bond donors (Lipinski definition) is 2. The van der Waals surface area contributed by atoms with E-state index in [4.69, 9.17) is 12.2 Å². The van der Waals surface area contributed by atoms with Crippen molar-refractivity contribution in [3.63, 3.8) is 0 Å². The number of H-pyrrole nitrogens is 1. The van der Waals surface area contributed by atoms with Crippen LogP contribution in [0.3, 0.4) is 0 Å². The molecule has 1 aliphatic carbocycles. The van der Waals surface area contributed by atoms with Crippen molar-refractivity contribution in [3.8, 4) is 0 Å². The lowest BCUT2D eigenvalue weighted by atomic mass is 9.94. The van der Waals surface area contributed by atoms with E-state index in [1.807, 2.05) is 6.92 Å². The third-order valence-electron chi connectivity index (χ3n) is 6.05. The van der Waals surface area contributed by atoms with Gasteiger partial charge < -0.3 is 20.1 Å². The highest BCUT2D eigenvalue weighted by atomic mass is 32.1. The molecule has 1 fully saturated rings. The summed E-state index contributed by atoms with van der Waals surface area (Å²) < 4.78 is 0. The average Bonchev–Trinajstić information content (AvgIpc) is 2.70. The van der Waals surface area contributed by atoms with Gasteiger partial charge in [-0.3, -0.25) is 4.79 Å². The molecular weight excluding hydrogens is 392 g/mol. The van der Waals surface area contributed by atoms with Gasteiger partial charge in [0.05, 0.1) is 12.1 Å². The van der Waals surface area contributed by atoms with Crippen LogP contribution in [0.25, 0.3) is 10.9 Å². The van der Waals surface area contributed by atoms with Gasteiger partial charge in [0.15, 0.2) is 5.11 Å². The topological polar surface area (TPSA) is 51.4 Å². The molecule has 1 aromatic carbocycles. The number of benzene rings is 1. The SMILES string of the molecule is Cc1cc(C)c2[nH]c(=O)c(CN(C(=S)NCCCN(C)C)C3CCCCC3)cc2c1. The Balaban J connectivity index is 1.82. The number of aromatic nitrogens is 1. The Labute approximate surface area is 185 Å². The molecule has 1 saturated carbocycles. The molecule has 0 unspecified atom stereocenters. The Bertz CT molecular complexity index is 931. The zero-order valence-electron chi connectivity index (χ0n) is 18.9. The molecule has 0 aliphatic heterocycles. The molecule has 2 aromatic rings. The molecule has 1 heterocycles. The second kappa shape index (κ2) is 10.4. The summed E-state index contributed by atoms with van der Waals surface area (Å²) >= 11 is 5.80. The molecule has 0 atom stereocenters. The van der Waals surface area contributed by atoms with E-state index in [0.717, 1.165) is 59.5 Å². The minimum atomic E-state index is -0.00864. The number of hydrogen-bond acceptors (Lipinski definition) is 3. The smallest absolute Gasteiger partial charge is 0.253 e. The zero-order chi connectivity index (χ0) is 21.7. The number of thiocarbonyl (C=S) groups is 1. The molecule has 30 heavy (non-hydrogen) atoms. The third-order valence-corrected chi connectivity index (χ3v) is 6.42. The highest BCUT2D eigenvalue weighted by Gasteiger charge is 2.24. The number of rotatable bonds is 7. The fraction of sp³-hybridized carbons (Fsp3) is 0.583. The minimum absolute atomic E-state index is 0.00864. The van der Waals surface area contributed by atoms with Crippen molar-refractivity contribution in [1.82, 2.24) is 20.1 Å². The van der Waals surface area contributed by atoms with Crippen LogP contribution in [0.1, 0.15) is 55.2 Å². The van der Waals surface area contributed by atoms with E-state index >= 15 is 0 Å². The number of aromatic amines is 1. The summed E-state index contributed by atoms with van der Waals surface area (Å²) in [5, 5.41) is 5.32. The van der Waals surface area contributed by atoms with Crippen molar-refractivity contribution in [2.75, 3.05) is 27.2 Å². The molecule has 0 bridgehead atoms. The predicted octanol–water partition coefficient (Wildman–Crippen LogP) is 4.11. The molecule has 0 amide bonds. The maximum Gasteiger partial charge on any atom is 0.253 e. The molecule has 164 valence electrons. The second-order valence-corrected chi connectivity index (χ2v) is 9.36. The number of aryl methyl sites for hydroxylation is 2. The Morgan fingerprint density at radius 2 is 1.90 bits per heavy atom. The fourth-order valence-corrected chi connectivity index (χ4v) is 4.80. The molecule has 1 aliphatic rings.